The van der Waals surface area contributed by atoms with Crippen molar-refractivity contribution in [1.82, 2.24) is 19.5 Å². The van der Waals surface area contributed by atoms with Gasteiger partial charge >= 0.3 is 6.08 Å². The standard InChI is InChI=1S/C10H13FN4/c1-6-7-8(14-9(11)13-6)15(5-12-7)10(2,3)4/h5H,1-4H3. The Balaban J connectivity index is 2.80. The van der Waals surface area contributed by atoms with Gasteiger partial charge in [-0.2, -0.15) is 9.37 Å². The summed E-state index contributed by atoms with van der Waals surface area (Å²) in [5.74, 6) is 0. The van der Waals surface area contributed by atoms with Crippen molar-refractivity contribution in [3.63, 3.8) is 0 Å². The predicted molar refractivity (Wildman–Crippen MR) is 55.0 cm³/mol. The van der Waals surface area contributed by atoms with E-state index in [2.05, 4.69) is 15.0 Å². The number of imidazole rings is 1. The van der Waals surface area contributed by atoms with Crippen LogP contribution >= 0.6 is 0 Å². The third-order valence-electron chi connectivity index (χ3n) is 2.27. The van der Waals surface area contributed by atoms with Gasteiger partial charge in [-0.25, -0.2) is 9.97 Å². The Bertz CT molecular complexity index is 510. The summed E-state index contributed by atoms with van der Waals surface area (Å²) in [6.07, 6.45) is 0.970. The monoisotopic (exact) mass is 208 g/mol. The molecule has 15 heavy (non-hydrogen) atoms. The van der Waals surface area contributed by atoms with Crippen LogP contribution in [0.5, 0.6) is 0 Å². The van der Waals surface area contributed by atoms with E-state index in [0.717, 1.165) is 0 Å². The van der Waals surface area contributed by atoms with Crippen molar-refractivity contribution in [3.05, 3.63) is 18.1 Å². The summed E-state index contributed by atoms with van der Waals surface area (Å²) in [7, 11) is 0. The molecule has 2 heterocycles. The molecule has 4 nitrogen and oxygen atoms in total. The highest BCUT2D eigenvalue weighted by molar-refractivity contribution is 5.73. The summed E-state index contributed by atoms with van der Waals surface area (Å²) in [6, 6.07) is 0. The van der Waals surface area contributed by atoms with Gasteiger partial charge in [0.05, 0.1) is 12.0 Å². The largest absolute Gasteiger partial charge is 0.310 e. The summed E-state index contributed by atoms with van der Waals surface area (Å²) in [5, 5.41) is 0. The molecule has 2 aromatic rings. The van der Waals surface area contributed by atoms with Crippen LogP contribution in [0.3, 0.4) is 0 Å². The molecule has 0 spiro atoms. The topological polar surface area (TPSA) is 43.6 Å². The van der Waals surface area contributed by atoms with Crippen LogP contribution in [0.25, 0.3) is 11.2 Å². The maximum atomic E-state index is 13.1. The smallest absolute Gasteiger partial charge is 0.310 e. The number of halogens is 1. The van der Waals surface area contributed by atoms with Gasteiger partial charge in [0.2, 0.25) is 0 Å². The van der Waals surface area contributed by atoms with Gasteiger partial charge in [-0.15, -0.1) is 0 Å². The molecule has 0 aromatic carbocycles. The van der Waals surface area contributed by atoms with E-state index in [0.29, 0.717) is 16.9 Å². The lowest BCUT2D eigenvalue weighted by Gasteiger charge is -2.20. The zero-order chi connectivity index (χ0) is 11.2. The third-order valence-corrected chi connectivity index (χ3v) is 2.27. The average Bonchev–Trinajstić information content (AvgIpc) is 2.45. The number of rotatable bonds is 0. The van der Waals surface area contributed by atoms with Crippen LogP contribution < -0.4 is 0 Å². The molecule has 80 valence electrons. The second-order valence-electron chi connectivity index (χ2n) is 4.54. The maximum absolute atomic E-state index is 13.1. The Kier molecular flexibility index (Phi) is 1.99. The highest BCUT2D eigenvalue weighted by atomic mass is 19.1. The maximum Gasteiger partial charge on any atom is 0.310 e. The molecule has 0 aliphatic carbocycles. The fourth-order valence-corrected chi connectivity index (χ4v) is 1.50. The molecule has 0 unspecified atom stereocenters. The number of nitrogens with zero attached hydrogens (tertiary/aromatic N) is 4. The highest BCUT2D eigenvalue weighted by Gasteiger charge is 2.18. The van der Waals surface area contributed by atoms with Gasteiger partial charge in [0.15, 0.2) is 5.65 Å². The van der Waals surface area contributed by atoms with E-state index in [1.54, 1.807) is 13.3 Å². The van der Waals surface area contributed by atoms with E-state index < -0.39 is 6.08 Å². The SMILES string of the molecule is Cc1nc(F)nc2c1ncn2C(C)(C)C. The fraction of sp³-hybridized carbons (Fsp3) is 0.500. The predicted octanol–water partition coefficient (Wildman–Crippen LogP) is 2.03. The van der Waals surface area contributed by atoms with E-state index in [1.165, 1.54) is 0 Å². The minimum atomic E-state index is -0.703. The van der Waals surface area contributed by atoms with E-state index >= 15 is 0 Å². The average molecular weight is 208 g/mol. The molecule has 0 saturated heterocycles. The normalized spacial score (nSPS) is 12.3. The molecular formula is C10H13FN4. The van der Waals surface area contributed by atoms with Crippen LogP contribution in [-0.4, -0.2) is 19.5 Å². The first-order valence-electron chi connectivity index (χ1n) is 4.77. The Morgan fingerprint density at radius 1 is 1.27 bits per heavy atom. The van der Waals surface area contributed by atoms with Crippen molar-refractivity contribution in [3.8, 4) is 0 Å². The first-order valence-corrected chi connectivity index (χ1v) is 4.77. The van der Waals surface area contributed by atoms with Crippen molar-refractivity contribution < 1.29 is 4.39 Å². The summed E-state index contributed by atoms with van der Waals surface area (Å²) in [6.45, 7) is 7.78. The Morgan fingerprint density at radius 3 is 2.53 bits per heavy atom. The molecule has 0 radical (unpaired) electrons. The molecule has 5 heteroatoms. The van der Waals surface area contributed by atoms with Gasteiger partial charge in [0, 0.05) is 5.54 Å². The number of hydrogen-bond donors (Lipinski definition) is 0. The second kappa shape index (κ2) is 2.98. The molecule has 0 aliphatic rings. The quantitative estimate of drug-likeness (QED) is 0.622. The van der Waals surface area contributed by atoms with Crippen molar-refractivity contribution in [2.24, 2.45) is 0 Å². The second-order valence-corrected chi connectivity index (χ2v) is 4.54. The first-order chi connectivity index (χ1) is 6.89. The number of aromatic nitrogens is 4. The van der Waals surface area contributed by atoms with Crippen molar-refractivity contribution in [1.29, 1.82) is 0 Å². The minimum absolute atomic E-state index is 0.165. The van der Waals surface area contributed by atoms with Gasteiger partial charge in [0.1, 0.15) is 5.52 Å². The Morgan fingerprint density at radius 2 is 1.93 bits per heavy atom. The summed E-state index contributed by atoms with van der Waals surface area (Å²) >= 11 is 0. The van der Waals surface area contributed by atoms with Crippen LogP contribution in [0.15, 0.2) is 6.33 Å². The molecule has 0 amide bonds. The minimum Gasteiger partial charge on any atom is -0.310 e. The van der Waals surface area contributed by atoms with Gasteiger partial charge < -0.3 is 4.57 Å². The van der Waals surface area contributed by atoms with Crippen molar-refractivity contribution >= 4 is 11.2 Å². The van der Waals surface area contributed by atoms with Gasteiger partial charge in [-0.1, -0.05) is 0 Å². The van der Waals surface area contributed by atoms with E-state index in [9.17, 15) is 4.39 Å². The van der Waals surface area contributed by atoms with E-state index in [4.69, 9.17) is 0 Å². The Hall–Kier alpha value is -1.52. The number of fused-ring (bicyclic) bond motifs is 1. The first kappa shape index (κ1) is 10.0. The lowest BCUT2D eigenvalue weighted by atomic mass is 10.1. The highest BCUT2D eigenvalue weighted by Crippen LogP contribution is 2.21. The molecule has 0 aliphatic heterocycles. The molecular weight excluding hydrogens is 195 g/mol. The molecule has 0 bridgehead atoms. The lowest BCUT2D eigenvalue weighted by Crippen LogP contribution is -2.21. The van der Waals surface area contributed by atoms with Crippen molar-refractivity contribution in [2.75, 3.05) is 0 Å². The molecule has 0 fully saturated rings. The number of hydrogen-bond acceptors (Lipinski definition) is 3. The third kappa shape index (κ3) is 1.58. The lowest BCUT2D eigenvalue weighted by molar-refractivity contribution is 0.403. The van der Waals surface area contributed by atoms with Crippen LogP contribution in [0, 0.1) is 13.0 Å². The Labute approximate surface area is 87.2 Å². The van der Waals surface area contributed by atoms with Crippen molar-refractivity contribution in [2.45, 2.75) is 33.2 Å². The van der Waals surface area contributed by atoms with Gasteiger partial charge in [-0.05, 0) is 27.7 Å². The zero-order valence-corrected chi connectivity index (χ0v) is 9.24. The van der Waals surface area contributed by atoms with Crippen LogP contribution in [0.1, 0.15) is 26.5 Å². The molecule has 0 saturated carbocycles. The summed E-state index contributed by atoms with van der Waals surface area (Å²) in [4.78, 5) is 11.6. The summed E-state index contributed by atoms with van der Waals surface area (Å²) < 4.78 is 14.9. The number of aryl methyl sites for hydroxylation is 1. The van der Waals surface area contributed by atoms with E-state index in [1.807, 2.05) is 25.3 Å². The zero-order valence-electron chi connectivity index (χ0n) is 9.24. The molecule has 0 atom stereocenters. The molecule has 2 aromatic heterocycles. The van der Waals surface area contributed by atoms with E-state index in [-0.39, 0.29) is 5.54 Å². The van der Waals surface area contributed by atoms with Gasteiger partial charge in [-0.3, -0.25) is 0 Å². The van der Waals surface area contributed by atoms with Crippen LogP contribution in [0.2, 0.25) is 0 Å². The van der Waals surface area contributed by atoms with Crippen LogP contribution in [0.4, 0.5) is 4.39 Å². The summed E-state index contributed by atoms with van der Waals surface area (Å²) in [5.41, 5.74) is 1.61. The fourth-order valence-electron chi connectivity index (χ4n) is 1.50. The van der Waals surface area contributed by atoms with Gasteiger partial charge in [0.25, 0.3) is 0 Å². The molecule has 0 N–H and O–H groups in total. The molecule has 2 rings (SSSR count). The van der Waals surface area contributed by atoms with Crippen LogP contribution in [-0.2, 0) is 5.54 Å².